The predicted molar refractivity (Wildman–Crippen MR) is 68.6 cm³/mol. The van der Waals surface area contributed by atoms with Crippen molar-refractivity contribution < 1.29 is 14.3 Å². The van der Waals surface area contributed by atoms with Crippen LogP contribution >= 0.6 is 0 Å². The topological polar surface area (TPSA) is 43.4 Å². The van der Waals surface area contributed by atoms with Gasteiger partial charge >= 0.3 is 0 Å². The smallest absolute Gasteiger partial charge is 0.292 e. The minimum absolute atomic E-state index is 0.126. The number of carbonyl (C=O) groups excluding carboxylic acids is 2. The molecule has 0 unspecified atom stereocenters. The molecule has 0 saturated heterocycles. The van der Waals surface area contributed by atoms with Crippen molar-refractivity contribution in [3.05, 3.63) is 41.0 Å². The molecule has 0 amide bonds. The summed E-state index contributed by atoms with van der Waals surface area (Å²) in [5.41, 5.74) is 3.11. The van der Waals surface area contributed by atoms with Crippen LogP contribution in [0.5, 0.6) is 0 Å². The van der Waals surface area contributed by atoms with Gasteiger partial charge in [0.1, 0.15) is 0 Å². The lowest BCUT2D eigenvalue weighted by Gasteiger charge is -1.97. The highest BCUT2D eigenvalue weighted by atomic mass is 16.5. The van der Waals surface area contributed by atoms with Crippen LogP contribution in [0.15, 0.2) is 29.8 Å². The van der Waals surface area contributed by atoms with Crippen molar-refractivity contribution >= 4 is 18.3 Å². The summed E-state index contributed by atoms with van der Waals surface area (Å²) >= 11 is 0. The number of allylic oxidation sites excluding steroid dienone is 1. The largest absolute Gasteiger partial charge is 0.471 e. The molecule has 0 aromatic heterocycles. The molecule has 1 aromatic rings. The number of aryl methyl sites for hydroxylation is 1. The fourth-order valence-electron chi connectivity index (χ4n) is 1.01. The van der Waals surface area contributed by atoms with E-state index in [1.165, 1.54) is 12.7 Å². The Kier molecular flexibility index (Phi) is 7.35. The van der Waals surface area contributed by atoms with E-state index in [9.17, 15) is 4.79 Å². The number of ketones is 1. The summed E-state index contributed by atoms with van der Waals surface area (Å²) in [5, 5.41) is 0. The van der Waals surface area contributed by atoms with Crippen molar-refractivity contribution in [3.8, 4) is 0 Å². The van der Waals surface area contributed by atoms with Gasteiger partial charge < -0.3 is 4.74 Å². The van der Waals surface area contributed by atoms with Crippen LogP contribution in [0.2, 0.25) is 0 Å². The first-order valence-electron chi connectivity index (χ1n) is 5.23. The number of ether oxygens (including phenoxy) is 1. The average Bonchev–Trinajstić information content (AvgIpc) is 2.32. The molecule has 3 nitrogen and oxygen atoms in total. The Morgan fingerprint density at radius 1 is 1.18 bits per heavy atom. The highest BCUT2D eigenvalue weighted by Crippen LogP contribution is 2.08. The second-order valence-corrected chi connectivity index (χ2v) is 3.63. The highest BCUT2D eigenvalue weighted by Gasteiger charge is 1.95. The second-order valence-electron chi connectivity index (χ2n) is 3.63. The van der Waals surface area contributed by atoms with E-state index in [0.29, 0.717) is 6.47 Å². The number of carbonyl (C=O) groups is 2. The summed E-state index contributed by atoms with van der Waals surface area (Å²) in [6.07, 6.45) is 1.90. The number of benzene rings is 1. The van der Waals surface area contributed by atoms with Gasteiger partial charge in [0.2, 0.25) is 0 Å². The molecule has 0 heterocycles. The van der Waals surface area contributed by atoms with Gasteiger partial charge in [-0.3, -0.25) is 9.59 Å². The van der Waals surface area contributed by atoms with E-state index in [0.717, 1.165) is 11.1 Å². The van der Waals surface area contributed by atoms with Crippen LogP contribution in [0.3, 0.4) is 0 Å². The van der Waals surface area contributed by atoms with Crippen LogP contribution in [-0.2, 0) is 14.3 Å². The Hall–Kier alpha value is -1.90. The monoisotopic (exact) mass is 234 g/mol. The molecule has 0 radical (unpaired) electrons. The standard InChI is InChI=1S/C12H14O.C2H4O2/c1-9-4-6-12(7-5-9)8-10(2)11(3)13;1-4-2-3/h4-8H,1-3H3;2H,1H3/b10-8-;. The Labute approximate surface area is 102 Å². The van der Waals surface area contributed by atoms with E-state index >= 15 is 0 Å². The van der Waals surface area contributed by atoms with E-state index in [1.54, 1.807) is 6.92 Å². The fourth-order valence-corrected chi connectivity index (χ4v) is 1.01. The van der Waals surface area contributed by atoms with Gasteiger partial charge in [-0.2, -0.15) is 0 Å². The summed E-state index contributed by atoms with van der Waals surface area (Å²) in [4.78, 5) is 19.9. The molecular formula is C14H18O3. The first kappa shape index (κ1) is 15.1. The second kappa shape index (κ2) is 8.28. The Morgan fingerprint density at radius 2 is 1.65 bits per heavy atom. The van der Waals surface area contributed by atoms with Crippen molar-refractivity contribution in [2.24, 2.45) is 0 Å². The molecule has 0 aliphatic rings. The molecule has 0 fully saturated rings. The number of hydrogen-bond acceptors (Lipinski definition) is 3. The zero-order chi connectivity index (χ0) is 13.3. The lowest BCUT2D eigenvalue weighted by molar-refractivity contribution is -0.126. The quantitative estimate of drug-likeness (QED) is 0.596. The third kappa shape index (κ3) is 7.06. The maximum absolute atomic E-state index is 10.9. The SMILES string of the molecule is CC(=O)/C(C)=C\c1ccc(C)cc1.COC=O. The molecule has 0 aliphatic heterocycles. The van der Waals surface area contributed by atoms with Crippen molar-refractivity contribution in [1.82, 2.24) is 0 Å². The molecule has 3 heteroatoms. The molecule has 0 atom stereocenters. The molecule has 1 rings (SSSR count). The van der Waals surface area contributed by atoms with E-state index in [-0.39, 0.29) is 5.78 Å². The normalized spacial score (nSPS) is 10.0. The van der Waals surface area contributed by atoms with Gasteiger partial charge in [-0.25, -0.2) is 0 Å². The minimum Gasteiger partial charge on any atom is -0.471 e. The maximum atomic E-state index is 10.9. The van der Waals surface area contributed by atoms with Crippen LogP contribution in [0.1, 0.15) is 25.0 Å². The maximum Gasteiger partial charge on any atom is 0.292 e. The molecule has 17 heavy (non-hydrogen) atoms. The minimum atomic E-state index is 0.126. The molecule has 0 aliphatic carbocycles. The van der Waals surface area contributed by atoms with Crippen molar-refractivity contribution in [2.75, 3.05) is 7.11 Å². The molecule has 0 saturated carbocycles. The zero-order valence-electron chi connectivity index (χ0n) is 10.7. The van der Waals surface area contributed by atoms with Crippen LogP contribution in [0, 0.1) is 6.92 Å². The first-order chi connectivity index (χ1) is 8.01. The molecular weight excluding hydrogens is 216 g/mol. The lowest BCUT2D eigenvalue weighted by Crippen LogP contribution is -1.90. The third-order valence-corrected chi connectivity index (χ3v) is 2.11. The molecule has 0 N–H and O–H groups in total. The van der Waals surface area contributed by atoms with Crippen molar-refractivity contribution in [3.63, 3.8) is 0 Å². The van der Waals surface area contributed by atoms with Crippen molar-refractivity contribution in [2.45, 2.75) is 20.8 Å². The number of methoxy groups -OCH3 is 1. The number of Topliss-reactive ketones (excluding diaryl/α,β-unsaturated/α-hetero) is 1. The van der Waals surface area contributed by atoms with E-state index in [2.05, 4.69) is 4.74 Å². The number of rotatable bonds is 3. The van der Waals surface area contributed by atoms with E-state index in [4.69, 9.17) is 4.79 Å². The van der Waals surface area contributed by atoms with Gasteiger partial charge in [-0.05, 0) is 38.0 Å². The van der Waals surface area contributed by atoms with Gasteiger partial charge in [-0.1, -0.05) is 29.8 Å². The van der Waals surface area contributed by atoms with Gasteiger partial charge in [0.15, 0.2) is 5.78 Å². The Balaban J connectivity index is 0.000000557. The molecule has 1 aromatic carbocycles. The Morgan fingerprint density at radius 3 is 2.00 bits per heavy atom. The fraction of sp³-hybridized carbons (Fsp3) is 0.286. The molecule has 0 spiro atoms. The van der Waals surface area contributed by atoms with E-state index in [1.807, 2.05) is 44.2 Å². The van der Waals surface area contributed by atoms with Crippen LogP contribution in [-0.4, -0.2) is 19.4 Å². The Bertz CT molecular complexity index is 388. The predicted octanol–water partition coefficient (Wildman–Crippen LogP) is 2.78. The van der Waals surface area contributed by atoms with Gasteiger partial charge in [-0.15, -0.1) is 0 Å². The summed E-state index contributed by atoms with van der Waals surface area (Å²) in [6.45, 7) is 5.84. The first-order valence-corrected chi connectivity index (χ1v) is 5.23. The van der Waals surface area contributed by atoms with Crippen LogP contribution < -0.4 is 0 Å². The zero-order valence-corrected chi connectivity index (χ0v) is 10.7. The third-order valence-electron chi connectivity index (χ3n) is 2.11. The highest BCUT2D eigenvalue weighted by molar-refractivity contribution is 5.97. The van der Waals surface area contributed by atoms with Crippen LogP contribution in [0.4, 0.5) is 0 Å². The van der Waals surface area contributed by atoms with Gasteiger partial charge in [0.25, 0.3) is 6.47 Å². The number of hydrogen-bond donors (Lipinski definition) is 0. The summed E-state index contributed by atoms with van der Waals surface area (Å²) in [6, 6.07) is 8.11. The van der Waals surface area contributed by atoms with Gasteiger partial charge in [0.05, 0.1) is 7.11 Å². The lowest BCUT2D eigenvalue weighted by atomic mass is 10.1. The summed E-state index contributed by atoms with van der Waals surface area (Å²) in [7, 11) is 1.31. The van der Waals surface area contributed by atoms with E-state index < -0.39 is 0 Å². The molecule has 92 valence electrons. The molecule has 0 bridgehead atoms. The summed E-state index contributed by atoms with van der Waals surface area (Å²) in [5.74, 6) is 0.126. The van der Waals surface area contributed by atoms with Crippen molar-refractivity contribution in [1.29, 1.82) is 0 Å². The summed E-state index contributed by atoms with van der Waals surface area (Å²) < 4.78 is 3.86. The average molecular weight is 234 g/mol. The van der Waals surface area contributed by atoms with Crippen LogP contribution in [0.25, 0.3) is 6.08 Å². The van der Waals surface area contributed by atoms with Gasteiger partial charge in [0, 0.05) is 0 Å².